The van der Waals surface area contributed by atoms with Crippen molar-refractivity contribution in [2.24, 2.45) is 5.92 Å². The quantitative estimate of drug-likeness (QED) is 0.824. The third-order valence-electron chi connectivity index (χ3n) is 3.53. The van der Waals surface area contributed by atoms with E-state index in [2.05, 4.69) is 20.9 Å². The Labute approximate surface area is 128 Å². The molecule has 1 aromatic heterocycles. The van der Waals surface area contributed by atoms with Crippen LogP contribution in [0.4, 0.5) is 5.82 Å². The van der Waals surface area contributed by atoms with E-state index in [-0.39, 0.29) is 5.91 Å². The molecule has 2 heterocycles. The van der Waals surface area contributed by atoms with Gasteiger partial charge in [0.15, 0.2) is 0 Å². The summed E-state index contributed by atoms with van der Waals surface area (Å²) in [5.41, 5.74) is 0. The number of hydrogen-bond acceptors (Lipinski definition) is 3. The highest BCUT2D eigenvalue weighted by molar-refractivity contribution is 9.10. The molecule has 4 nitrogen and oxygen atoms in total. The number of hydrogen-bond donors (Lipinski definition) is 0. The lowest BCUT2D eigenvalue weighted by atomic mass is 9.99. The molecule has 0 aromatic carbocycles. The van der Waals surface area contributed by atoms with Gasteiger partial charge in [-0.3, -0.25) is 9.69 Å². The van der Waals surface area contributed by atoms with E-state index in [4.69, 9.17) is 4.74 Å². The summed E-state index contributed by atoms with van der Waals surface area (Å²) >= 11 is 3.38. The summed E-state index contributed by atoms with van der Waals surface area (Å²) in [5.74, 6) is 1.42. The number of rotatable bonds is 5. The standard InChI is InChI=1S/C15H21BrN2O2/c1-2-3-15(19)18(11-12-6-8-20-9-7-12)14-5-4-13(16)10-17-14/h4-5,10,12H,2-3,6-9,11H2,1H3. The molecule has 5 heteroatoms. The number of carbonyl (C=O) groups is 1. The SMILES string of the molecule is CCCC(=O)N(CC1CCOCC1)c1ccc(Br)cn1. The van der Waals surface area contributed by atoms with Gasteiger partial charge in [0.25, 0.3) is 0 Å². The highest BCUT2D eigenvalue weighted by atomic mass is 79.9. The first kappa shape index (κ1) is 15.4. The number of ether oxygens (including phenoxy) is 1. The van der Waals surface area contributed by atoms with Gasteiger partial charge in [0.1, 0.15) is 5.82 Å². The Morgan fingerprint density at radius 2 is 2.20 bits per heavy atom. The first-order chi connectivity index (χ1) is 9.70. The van der Waals surface area contributed by atoms with Crippen molar-refractivity contribution in [1.29, 1.82) is 0 Å². The van der Waals surface area contributed by atoms with Gasteiger partial charge in [-0.25, -0.2) is 4.98 Å². The van der Waals surface area contributed by atoms with Gasteiger partial charge in [-0.2, -0.15) is 0 Å². The van der Waals surface area contributed by atoms with Crippen LogP contribution in [-0.2, 0) is 9.53 Å². The van der Waals surface area contributed by atoms with E-state index in [9.17, 15) is 4.79 Å². The Balaban J connectivity index is 2.10. The van der Waals surface area contributed by atoms with Gasteiger partial charge in [0, 0.05) is 36.8 Å². The van der Waals surface area contributed by atoms with Crippen molar-refractivity contribution in [3.05, 3.63) is 22.8 Å². The minimum atomic E-state index is 0.161. The maximum atomic E-state index is 12.3. The molecule has 0 bridgehead atoms. The first-order valence-electron chi connectivity index (χ1n) is 7.20. The predicted molar refractivity (Wildman–Crippen MR) is 82.7 cm³/mol. The van der Waals surface area contributed by atoms with Gasteiger partial charge in [-0.05, 0) is 53.2 Å². The summed E-state index contributed by atoms with van der Waals surface area (Å²) in [4.78, 5) is 18.6. The third-order valence-corrected chi connectivity index (χ3v) is 4.00. The normalized spacial score (nSPS) is 16.1. The minimum absolute atomic E-state index is 0.161. The molecule has 0 radical (unpaired) electrons. The molecule has 1 aliphatic rings. The molecule has 2 rings (SSSR count). The van der Waals surface area contributed by atoms with E-state index in [1.165, 1.54) is 0 Å². The van der Waals surface area contributed by atoms with E-state index < -0.39 is 0 Å². The average molecular weight is 341 g/mol. The van der Waals surface area contributed by atoms with Crippen molar-refractivity contribution in [2.45, 2.75) is 32.6 Å². The summed E-state index contributed by atoms with van der Waals surface area (Å²) < 4.78 is 6.31. The van der Waals surface area contributed by atoms with Crippen LogP contribution in [-0.4, -0.2) is 30.6 Å². The number of nitrogens with zero attached hydrogens (tertiary/aromatic N) is 2. The minimum Gasteiger partial charge on any atom is -0.381 e. The van der Waals surface area contributed by atoms with Gasteiger partial charge < -0.3 is 4.74 Å². The Morgan fingerprint density at radius 3 is 2.80 bits per heavy atom. The zero-order chi connectivity index (χ0) is 14.4. The van der Waals surface area contributed by atoms with Crippen LogP contribution < -0.4 is 4.90 Å². The molecule has 0 saturated carbocycles. The largest absolute Gasteiger partial charge is 0.381 e. The summed E-state index contributed by atoms with van der Waals surface area (Å²) in [7, 11) is 0. The number of carbonyl (C=O) groups excluding carboxylic acids is 1. The number of anilines is 1. The molecule has 20 heavy (non-hydrogen) atoms. The Hall–Kier alpha value is -0.940. The summed E-state index contributed by atoms with van der Waals surface area (Å²) in [5, 5.41) is 0. The summed E-state index contributed by atoms with van der Waals surface area (Å²) in [6, 6.07) is 3.83. The van der Waals surface area contributed by atoms with Crippen molar-refractivity contribution in [3.63, 3.8) is 0 Å². The molecule has 1 saturated heterocycles. The van der Waals surface area contributed by atoms with Gasteiger partial charge in [0.05, 0.1) is 0 Å². The monoisotopic (exact) mass is 340 g/mol. The Morgan fingerprint density at radius 1 is 1.45 bits per heavy atom. The van der Waals surface area contributed by atoms with Gasteiger partial charge in [-0.15, -0.1) is 0 Å². The fourth-order valence-corrected chi connectivity index (χ4v) is 2.62. The molecular weight excluding hydrogens is 320 g/mol. The van der Waals surface area contributed by atoms with Gasteiger partial charge >= 0.3 is 0 Å². The second-order valence-corrected chi connectivity index (χ2v) is 6.06. The van der Waals surface area contributed by atoms with Crippen molar-refractivity contribution >= 4 is 27.7 Å². The molecule has 1 fully saturated rings. The molecule has 0 aliphatic carbocycles. The van der Waals surface area contributed by atoms with E-state index in [0.29, 0.717) is 12.3 Å². The second-order valence-electron chi connectivity index (χ2n) is 5.14. The predicted octanol–water partition coefficient (Wildman–Crippen LogP) is 3.40. The van der Waals surface area contributed by atoms with Crippen molar-refractivity contribution in [1.82, 2.24) is 4.98 Å². The lowest BCUT2D eigenvalue weighted by Gasteiger charge is -2.29. The van der Waals surface area contributed by atoms with Gasteiger partial charge in [0.2, 0.25) is 5.91 Å². The number of aromatic nitrogens is 1. The Bertz CT molecular complexity index is 430. The van der Waals surface area contributed by atoms with Crippen LogP contribution in [0.5, 0.6) is 0 Å². The maximum absolute atomic E-state index is 12.3. The van der Waals surface area contributed by atoms with Crippen LogP contribution >= 0.6 is 15.9 Å². The zero-order valence-electron chi connectivity index (χ0n) is 11.8. The van der Waals surface area contributed by atoms with E-state index in [1.807, 2.05) is 24.0 Å². The van der Waals surface area contributed by atoms with E-state index in [1.54, 1.807) is 6.20 Å². The van der Waals surface area contributed by atoms with Crippen LogP contribution in [0, 0.1) is 5.92 Å². The van der Waals surface area contributed by atoms with E-state index >= 15 is 0 Å². The molecule has 0 atom stereocenters. The smallest absolute Gasteiger partial charge is 0.228 e. The molecule has 1 amide bonds. The van der Waals surface area contributed by atoms with Crippen LogP contribution in [0.15, 0.2) is 22.8 Å². The summed E-state index contributed by atoms with van der Waals surface area (Å²) in [6.07, 6.45) is 5.21. The molecule has 1 aliphatic heterocycles. The van der Waals surface area contributed by atoms with Crippen molar-refractivity contribution in [2.75, 3.05) is 24.7 Å². The topological polar surface area (TPSA) is 42.4 Å². The molecule has 0 N–H and O–H groups in total. The maximum Gasteiger partial charge on any atom is 0.228 e. The highest BCUT2D eigenvalue weighted by Gasteiger charge is 2.22. The van der Waals surface area contributed by atoms with Gasteiger partial charge in [-0.1, -0.05) is 6.92 Å². The highest BCUT2D eigenvalue weighted by Crippen LogP contribution is 2.22. The van der Waals surface area contributed by atoms with Crippen LogP contribution in [0.3, 0.4) is 0 Å². The van der Waals surface area contributed by atoms with Crippen LogP contribution in [0.2, 0.25) is 0 Å². The zero-order valence-corrected chi connectivity index (χ0v) is 13.4. The fourth-order valence-electron chi connectivity index (χ4n) is 2.39. The molecule has 110 valence electrons. The fraction of sp³-hybridized carbons (Fsp3) is 0.600. The number of pyridine rings is 1. The molecule has 0 spiro atoms. The van der Waals surface area contributed by atoms with Crippen LogP contribution in [0.1, 0.15) is 32.6 Å². The lowest BCUT2D eigenvalue weighted by molar-refractivity contribution is -0.118. The van der Waals surface area contributed by atoms with Crippen molar-refractivity contribution in [3.8, 4) is 0 Å². The number of halogens is 1. The van der Waals surface area contributed by atoms with Crippen LogP contribution in [0.25, 0.3) is 0 Å². The average Bonchev–Trinajstić information content (AvgIpc) is 2.47. The summed E-state index contributed by atoms with van der Waals surface area (Å²) in [6.45, 7) is 4.37. The number of amides is 1. The molecule has 0 unspecified atom stereocenters. The Kier molecular flexibility index (Phi) is 5.98. The second kappa shape index (κ2) is 7.74. The molecular formula is C15H21BrN2O2. The van der Waals surface area contributed by atoms with Crippen molar-refractivity contribution < 1.29 is 9.53 Å². The first-order valence-corrected chi connectivity index (χ1v) is 7.99. The molecule has 1 aromatic rings. The third kappa shape index (κ3) is 4.28. The van der Waals surface area contributed by atoms with E-state index in [0.717, 1.165) is 49.3 Å². The lowest BCUT2D eigenvalue weighted by Crippen LogP contribution is -2.37.